The van der Waals surface area contributed by atoms with E-state index in [0.29, 0.717) is 65.8 Å². The van der Waals surface area contributed by atoms with Crippen LogP contribution in [0.5, 0.6) is 23.0 Å². The van der Waals surface area contributed by atoms with Gasteiger partial charge in [0.2, 0.25) is 0 Å². The Morgan fingerprint density at radius 3 is 2.30 bits per heavy atom. The number of esters is 1. The van der Waals surface area contributed by atoms with Crippen molar-refractivity contribution in [1.82, 2.24) is 4.57 Å². The fourth-order valence-corrected chi connectivity index (χ4v) is 7.47. The first-order chi connectivity index (χ1) is 24.3. The molecule has 50 heavy (non-hydrogen) atoms. The predicted octanol–water partition coefficient (Wildman–Crippen LogP) is 7.07. The fraction of sp³-hybridized carbons (Fsp3) is 0.184. The number of ether oxygens (including phenoxy) is 5. The molecule has 0 N–H and O–H groups in total. The Hall–Kier alpha value is -4.65. The third-order valence-electron chi connectivity index (χ3n) is 7.94. The Balaban J connectivity index is 1.51. The van der Waals surface area contributed by atoms with Gasteiger partial charge in [-0.05, 0) is 82.0 Å². The Morgan fingerprint density at radius 2 is 1.62 bits per heavy atom. The highest BCUT2D eigenvalue weighted by molar-refractivity contribution is 9.10. The Kier molecular flexibility index (Phi) is 10.9. The molecule has 12 heteroatoms. The van der Waals surface area contributed by atoms with E-state index in [1.165, 1.54) is 18.4 Å². The maximum Gasteiger partial charge on any atom is 0.338 e. The first-order valence-electron chi connectivity index (χ1n) is 15.5. The molecule has 0 aliphatic carbocycles. The van der Waals surface area contributed by atoms with E-state index in [0.717, 1.165) is 10.0 Å². The largest absolute Gasteiger partial charge is 0.493 e. The van der Waals surface area contributed by atoms with E-state index < -0.39 is 12.0 Å². The molecule has 1 atom stereocenters. The summed E-state index contributed by atoms with van der Waals surface area (Å²) in [4.78, 5) is 33.6. The number of carbonyl (C=O) groups is 1. The lowest BCUT2D eigenvalue weighted by Crippen LogP contribution is -2.40. The SMILES string of the molecule is CCOC(=O)C1=C(c2ccccc2)N=c2s/c(=C\c3cc(Br)c(OCc4ccc(Br)cc4)c(OC)c3)c(=O)n2[C@H]1c1ccc(OC)c(OC)c1. The van der Waals surface area contributed by atoms with Crippen molar-refractivity contribution >= 4 is 60.9 Å². The van der Waals surface area contributed by atoms with E-state index in [1.54, 1.807) is 43.9 Å². The van der Waals surface area contributed by atoms with Crippen molar-refractivity contribution in [3.05, 3.63) is 141 Å². The van der Waals surface area contributed by atoms with Gasteiger partial charge in [0.15, 0.2) is 27.8 Å². The normalized spacial score (nSPS) is 14.1. The lowest BCUT2D eigenvalue weighted by molar-refractivity contribution is -0.138. The van der Waals surface area contributed by atoms with Crippen LogP contribution in [0.4, 0.5) is 0 Å². The van der Waals surface area contributed by atoms with Crippen molar-refractivity contribution < 1.29 is 28.5 Å². The van der Waals surface area contributed by atoms with Crippen LogP contribution in [0, 0.1) is 0 Å². The molecule has 5 aromatic rings. The van der Waals surface area contributed by atoms with Crippen LogP contribution in [-0.4, -0.2) is 38.5 Å². The molecule has 0 amide bonds. The summed E-state index contributed by atoms with van der Waals surface area (Å²) >= 11 is 8.32. The van der Waals surface area contributed by atoms with Crippen LogP contribution in [0.25, 0.3) is 11.8 Å². The predicted molar refractivity (Wildman–Crippen MR) is 200 cm³/mol. The molecule has 256 valence electrons. The van der Waals surface area contributed by atoms with E-state index in [4.69, 9.17) is 28.7 Å². The Bertz CT molecular complexity index is 2270. The van der Waals surface area contributed by atoms with Crippen LogP contribution in [0.3, 0.4) is 0 Å². The number of nitrogens with zero attached hydrogens (tertiary/aromatic N) is 2. The molecule has 0 saturated carbocycles. The number of methoxy groups -OCH3 is 3. The van der Waals surface area contributed by atoms with Gasteiger partial charge in [-0.25, -0.2) is 9.79 Å². The number of rotatable bonds is 11. The zero-order valence-corrected chi connectivity index (χ0v) is 31.6. The van der Waals surface area contributed by atoms with Crippen LogP contribution >= 0.6 is 43.2 Å². The van der Waals surface area contributed by atoms with Crippen LogP contribution in [-0.2, 0) is 16.1 Å². The number of halogens is 2. The van der Waals surface area contributed by atoms with Crippen LogP contribution < -0.4 is 33.8 Å². The Labute approximate surface area is 309 Å². The first-order valence-corrected chi connectivity index (χ1v) is 17.9. The van der Waals surface area contributed by atoms with Crippen molar-refractivity contribution in [2.75, 3.05) is 27.9 Å². The highest BCUT2D eigenvalue weighted by Gasteiger charge is 2.35. The summed E-state index contributed by atoms with van der Waals surface area (Å²) in [6.45, 7) is 2.22. The number of carbonyl (C=O) groups excluding carboxylic acids is 1. The summed E-state index contributed by atoms with van der Waals surface area (Å²) in [7, 11) is 4.65. The first kappa shape index (κ1) is 35.2. The monoisotopic (exact) mass is 818 g/mol. The van der Waals surface area contributed by atoms with Gasteiger partial charge in [0.1, 0.15) is 6.61 Å². The molecule has 1 aliphatic heterocycles. The second kappa shape index (κ2) is 15.5. The second-order valence-corrected chi connectivity index (χ2v) is 13.8. The molecule has 0 unspecified atom stereocenters. The number of fused-ring (bicyclic) bond motifs is 1. The molecule has 2 heterocycles. The zero-order valence-electron chi connectivity index (χ0n) is 27.6. The molecule has 0 saturated heterocycles. The smallest absolute Gasteiger partial charge is 0.338 e. The van der Waals surface area contributed by atoms with Crippen molar-refractivity contribution in [3.8, 4) is 23.0 Å². The molecule has 0 bridgehead atoms. The topological polar surface area (TPSA) is 97.6 Å². The average Bonchev–Trinajstić information content (AvgIpc) is 3.44. The minimum Gasteiger partial charge on any atom is -0.493 e. The van der Waals surface area contributed by atoms with Crippen molar-refractivity contribution in [2.45, 2.75) is 19.6 Å². The maximum absolute atomic E-state index is 14.4. The second-order valence-electron chi connectivity index (χ2n) is 11.0. The van der Waals surface area contributed by atoms with Crippen LogP contribution in [0.15, 0.2) is 109 Å². The van der Waals surface area contributed by atoms with Crippen molar-refractivity contribution in [3.63, 3.8) is 0 Å². The molecule has 1 aliphatic rings. The van der Waals surface area contributed by atoms with Gasteiger partial charge in [0.25, 0.3) is 5.56 Å². The molecule has 4 aromatic carbocycles. The summed E-state index contributed by atoms with van der Waals surface area (Å²) in [5, 5.41) is 0. The average molecular weight is 821 g/mol. The number of thiazole rings is 1. The summed E-state index contributed by atoms with van der Waals surface area (Å²) < 4.78 is 32.1. The van der Waals surface area contributed by atoms with Crippen LogP contribution in [0.1, 0.15) is 35.2 Å². The minimum absolute atomic E-state index is 0.146. The third-order valence-corrected chi connectivity index (χ3v) is 10.0. The van der Waals surface area contributed by atoms with E-state index in [-0.39, 0.29) is 17.7 Å². The molecule has 9 nitrogen and oxygen atoms in total. The van der Waals surface area contributed by atoms with E-state index >= 15 is 0 Å². The molecule has 0 fully saturated rings. The zero-order chi connectivity index (χ0) is 35.4. The van der Waals surface area contributed by atoms with Crippen LogP contribution in [0.2, 0.25) is 0 Å². The molecule has 6 rings (SSSR count). The summed E-state index contributed by atoms with van der Waals surface area (Å²) in [6, 6.07) is 25.4. The summed E-state index contributed by atoms with van der Waals surface area (Å²) in [5.74, 6) is 1.42. The lowest BCUT2D eigenvalue weighted by Gasteiger charge is -2.26. The highest BCUT2D eigenvalue weighted by atomic mass is 79.9. The molecular formula is C38H32Br2N2O7S. The number of benzene rings is 4. The quantitative estimate of drug-likeness (QED) is 0.132. The molecule has 1 aromatic heterocycles. The standard InChI is InChI=1S/C38H32Br2N2O7S/c1-5-48-37(44)32-33(24-9-7-6-8-10-24)41-38-42(34(32)25-13-16-28(45-2)29(20-25)46-3)36(43)31(50-38)19-23-17-27(40)35(30(18-23)47-4)49-21-22-11-14-26(39)15-12-22/h6-20,34H,5,21H2,1-4H3/b31-19-/t34-/m0/s1. The lowest BCUT2D eigenvalue weighted by atomic mass is 9.93. The van der Waals surface area contributed by atoms with Gasteiger partial charge in [-0.2, -0.15) is 0 Å². The van der Waals surface area contributed by atoms with Gasteiger partial charge < -0.3 is 23.7 Å². The number of hydrogen-bond acceptors (Lipinski definition) is 9. The van der Waals surface area contributed by atoms with Crippen molar-refractivity contribution in [1.29, 1.82) is 0 Å². The molecule has 0 radical (unpaired) electrons. The Morgan fingerprint density at radius 1 is 0.900 bits per heavy atom. The summed E-state index contributed by atoms with van der Waals surface area (Å²) in [6.07, 6.45) is 1.78. The summed E-state index contributed by atoms with van der Waals surface area (Å²) in [5.41, 5.74) is 3.37. The van der Waals surface area contributed by atoms with E-state index in [2.05, 4.69) is 31.9 Å². The fourth-order valence-electron chi connectivity index (χ4n) is 5.63. The van der Waals surface area contributed by atoms with Gasteiger partial charge in [-0.3, -0.25) is 9.36 Å². The molecular weight excluding hydrogens is 788 g/mol. The number of aromatic nitrogens is 1. The van der Waals surface area contributed by atoms with Gasteiger partial charge in [-0.1, -0.05) is 75.8 Å². The van der Waals surface area contributed by atoms with E-state index in [1.807, 2.05) is 72.8 Å². The van der Waals surface area contributed by atoms with E-state index in [9.17, 15) is 9.59 Å². The van der Waals surface area contributed by atoms with Gasteiger partial charge in [0, 0.05) is 10.0 Å². The van der Waals surface area contributed by atoms with Gasteiger partial charge >= 0.3 is 5.97 Å². The maximum atomic E-state index is 14.4. The molecule has 0 spiro atoms. The minimum atomic E-state index is -0.877. The third kappa shape index (κ3) is 7.14. The highest BCUT2D eigenvalue weighted by Crippen LogP contribution is 2.39. The number of hydrogen-bond donors (Lipinski definition) is 0. The van der Waals surface area contributed by atoms with Gasteiger partial charge in [0.05, 0.1) is 54.3 Å². The van der Waals surface area contributed by atoms with Gasteiger partial charge in [-0.15, -0.1) is 0 Å². The van der Waals surface area contributed by atoms with Crippen molar-refractivity contribution in [2.24, 2.45) is 4.99 Å².